The van der Waals surface area contributed by atoms with Crippen LogP contribution in [0.5, 0.6) is 0 Å². The predicted molar refractivity (Wildman–Crippen MR) is 64.1 cm³/mol. The molecule has 0 atom stereocenters. The zero-order chi connectivity index (χ0) is 11.4. The summed E-state index contributed by atoms with van der Waals surface area (Å²) < 4.78 is 0. The molecule has 0 fully saturated rings. The topological polar surface area (TPSA) is 23.6 Å². The standard InChI is InChI=1S/C11H18N2OS/c1-9-5-6-15-10(9)7-13(4)8-11(14)12(2)3/h5-6H,7-8H2,1-4H3. The molecule has 0 N–H and O–H groups in total. The van der Waals surface area contributed by atoms with Gasteiger partial charge in [-0.15, -0.1) is 11.3 Å². The summed E-state index contributed by atoms with van der Waals surface area (Å²) in [5.74, 6) is 0.145. The van der Waals surface area contributed by atoms with Crippen LogP contribution in [0.15, 0.2) is 11.4 Å². The molecule has 1 heterocycles. The van der Waals surface area contributed by atoms with Gasteiger partial charge in [-0.25, -0.2) is 0 Å². The van der Waals surface area contributed by atoms with Crippen molar-refractivity contribution in [3.63, 3.8) is 0 Å². The number of amides is 1. The van der Waals surface area contributed by atoms with Gasteiger partial charge in [-0.05, 0) is 31.0 Å². The maximum atomic E-state index is 11.5. The number of thiophene rings is 1. The van der Waals surface area contributed by atoms with Crippen molar-refractivity contribution in [3.8, 4) is 0 Å². The highest BCUT2D eigenvalue weighted by molar-refractivity contribution is 7.10. The van der Waals surface area contributed by atoms with Crippen LogP contribution in [0.3, 0.4) is 0 Å². The zero-order valence-corrected chi connectivity index (χ0v) is 10.6. The first-order chi connectivity index (χ1) is 7.00. The number of likely N-dealkylation sites (N-methyl/N-ethyl adjacent to an activating group) is 2. The molecule has 4 heteroatoms. The molecular weight excluding hydrogens is 208 g/mol. The second-order valence-corrected chi connectivity index (χ2v) is 4.99. The van der Waals surface area contributed by atoms with E-state index in [9.17, 15) is 4.79 Å². The Kier molecular flexibility index (Phi) is 4.29. The van der Waals surface area contributed by atoms with Gasteiger partial charge in [0.25, 0.3) is 0 Å². The predicted octanol–water partition coefficient (Wildman–Crippen LogP) is 1.58. The number of carbonyl (C=O) groups is 1. The van der Waals surface area contributed by atoms with E-state index in [1.807, 2.05) is 11.9 Å². The molecule has 1 aromatic rings. The van der Waals surface area contributed by atoms with E-state index in [1.165, 1.54) is 10.4 Å². The summed E-state index contributed by atoms with van der Waals surface area (Å²) in [6, 6.07) is 2.11. The Bertz CT molecular complexity index is 333. The Labute approximate surface area is 95.3 Å². The molecule has 1 amide bonds. The maximum Gasteiger partial charge on any atom is 0.236 e. The van der Waals surface area contributed by atoms with Crippen molar-refractivity contribution in [2.45, 2.75) is 13.5 Å². The number of nitrogens with zero attached hydrogens (tertiary/aromatic N) is 2. The lowest BCUT2D eigenvalue weighted by atomic mass is 10.3. The Morgan fingerprint density at radius 1 is 1.40 bits per heavy atom. The van der Waals surface area contributed by atoms with Crippen molar-refractivity contribution in [2.75, 3.05) is 27.7 Å². The Hall–Kier alpha value is -0.870. The third-order valence-corrected chi connectivity index (χ3v) is 3.29. The lowest BCUT2D eigenvalue weighted by Gasteiger charge is -2.18. The minimum atomic E-state index is 0.145. The van der Waals surface area contributed by atoms with Crippen LogP contribution in [0.1, 0.15) is 10.4 Å². The largest absolute Gasteiger partial charge is 0.348 e. The Balaban J connectivity index is 2.46. The molecule has 3 nitrogen and oxygen atoms in total. The van der Waals surface area contributed by atoms with Gasteiger partial charge in [-0.1, -0.05) is 0 Å². The van der Waals surface area contributed by atoms with Gasteiger partial charge < -0.3 is 4.90 Å². The summed E-state index contributed by atoms with van der Waals surface area (Å²) in [6.45, 7) is 3.43. The molecule has 0 aliphatic carbocycles. The van der Waals surface area contributed by atoms with Gasteiger partial charge in [0.1, 0.15) is 0 Å². The zero-order valence-electron chi connectivity index (χ0n) is 9.78. The maximum absolute atomic E-state index is 11.5. The first-order valence-corrected chi connectivity index (χ1v) is 5.80. The second kappa shape index (κ2) is 5.28. The molecule has 84 valence electrons. The molecule has 0 unspecified atom stereocenters. The molecule has 0 spiro atoms. The normalized spacial score (nSPS) is 10.7. The highest BCUT2D eigenvalue weighted by atomic mass is 32.1. The summed E-state index contributed by atoms with van der Waals surface area (Å²) in [5.41, 5.74) is 1.31. The van der Waals surface area contributed by atoms with Crippen LogP contribution >= 0.6 is 11.3 Å². The van der Waals surface area contributed by atoms with Crippen molar-refractivity contribution >= 4 is 17.2 Å². The van der Waals surface area contributed by atoms with Crippen LogP contribution in [0.2, 0.25) is 0 Å². The summed E-state index contributed by atoms with van der Waals surface area (Å²) in [5, 5.41) is 2.09. The minimum Gasteiger partial charge on any atom is -0.348 e. The third-order valence-electron chi connectivity index (χ3n) is 2.29. The molecule has 0 bridgehead atoms. The average Bonchev–Trinajstić information content (AvgIpc) is 2.51. The highest BCUT2D eigenvalue weighted by Gasteiger charge is 2.10. The molecule has 0 saturated heterocycles. The van der Waals surface area contributed by atoms with Gasteiger partial charge in [0.05, 0.1) is 6.54 Å². The summed E-state index contributed by atoms with van der Waals surface area (Å²) in [7, 11) is 5.54. The number of carbonyl (C=O) groups excluding carboxylic acids is 1. The molecule has 0 radical (unpaired) electrons. The van der Waals surface area contributed by atoms with E-state index >= 15 is 0 Å². The number of hydrogen-bond acceptors (Lipinski definition) is 3. The van der Waals surface area contributed by atoms with Crippen molar-refractivity contribution < 1.29 is 4.79 Å². The molecule has 1 rings (SSSR count). The minimum absolute atomic E-state index is 0.145. The summed E-state index contributed by atoms with van der Waals surface area (Å²) >= 11 is 1.75. The molecule has 0 aliphatic heterocycles. The van der Waals surface area contributed by atoms with E-state index in [0.717, 1.165) is 6.54 Å². The van der Waals surface area contributed by atoms with Crippen LogP contribution in [0.4, 0.5) is 0 Å². The van der Waals surface area contributed by atoms with Gasteiger partial charge >= 0.3 is 0 Å². The fraction of sp³-hybridized carbons (Fsp3) is 0.545. The van der Waals surface area contributed by atoms with Crippen LogP contribution in [0, 0.1) is 6.92 Å². The highest BCUT2D eigenvalue weighted by Crippen LogP contribution is 2.16. The summed E-state index contributed by atoms with van der Waals surface area (Å²) in [6.07, 6.45) is 0. The molecule has 0 aliphatic rings. The van der Waals surface area contributed by atoms with E-state index in [2.05, 4.69) is 18.4 Å². The first kappa shape index (κ1) is 12.2. The number of hydrogen-bond donors (Lipinski definition) is 0. The quantitative estimate of drug-likeness (QED) is 0.778. The van der Waals surface area contributed by atoms with Crippen LogP contribution in [-0.4, -0.2) is 43.4 Å². The fourth-order valence-corrected chi connectivity index (χ4v) is 2.22. The van der Waals surface area contributed by atoms with Crippen molar-refractivity contribution in [2.24, 2.45) is 0 Å². The lowest BCUT2D eigenvalue weighted by Crippen LogP contribution is -2.33. The van der Waals surface area contributed by atoms with Crippen LogP contribution < -0.4 is 0 Å². The van der Waals surface area contributed by atoms with Gasteiger partial charge in [0.2, 0.25) is 5.91 Å². The molecular formula is C11H18N2OS. The van der Waals surface area contributed by atoms with Gasteiger partial charge in [-0.3, -0.25) is 9.69 Å². The van der Waals surface area contributed by atoms with E-state index in [1.54, 1.807) is 30.3 Å². The van der Waals surface area contributed by atoms with E-state index < -0.39 is 0 Å². The monoisotopic (exact) mass is 226 g/mol. The fourth-order valence-electron chi connectivity index (χ4n) is 1.24. The molecule has 0 aromatic carbocycles. The molecule has 15 heavy (non-hydrogen) atoms. The van der Waals surface area contributed by atoms with Crippen molar-refractivity contribution in [1.29, 1.82) is 0 Å². The van der Waals surface area contributed by atoms with Crippen LogP contribution in [0.25, 0.3) is 0 Å². The van der Waals surface area contributed by atoms with E-state index in [-0.39, 0.29) is 5.91 Å². The SMILES string of the molecule is Cc1ccsc1CN(C)CC(=O)N(C)C. The summed E-state index contributed by atoms with van der Waals surface area (Å²) in [4.78, 5) is 16.5. The van der Waals surface area contributed by atoms with Crippen LogP contribution in [-0.2, 0) is 11.3 Å². The van der Waals surface area contributed by atoms with Gasteiger partial charge in [0, 0.05) is 25.5 Å². The van der Waals surface area contributed by atoms with Crippen molar-refractivity contribution in [1.82, 2.24) is 9.80 Å². The Morgan fingerprint density at radius 3 is 2.53 bits per heavy atom. The lowest BCUT2D eigenvalue weighted by molar-refractivity contribution is -0.129. The average molecular weight is 226 g/mol. The Morgan fingerprint density at radius 2 is 2.07 bits per heavy atom. The van der Waals surface area contributed by atoms with Crippen molar-refractivity contribution in [3.05, 3.63) is 21.9 Å². The molecule has 0 saturated carbocycles. The second-order valence-electron chi connectivity index (χ2n) is 3.99. The van der Waals surface area contributed by atoms with Gasteiger partial charge in [0.15, 0.2) is 0 Å². The number of aryl methyl sites for hydroxylation is 1. The van der Waals surface area contributed by atoms with E-state index in [4.69, 9.17) is 0 Å². The third kappa shape index (κ3) is 3.64. The number of rotatable bonds is 4. The van der Waals surface area contributed by atoms with Gasteiger partial charge in [-0.2, -0.15) is 0 Å². The van der Waals surface area contributed by atoms with E-state index in [0.29, 0.717) is 6.54 Å². The smallest absolute Gasteiger partial charge is 0.236 e. The molecule has 1 aromatic heterocycles. The first-order valence-electron chi connectivity index (χ1n) is 4.92.